The average Bonchev–Trinajstić information content (AvgIpc) is 2.88. The summed E-state index contributed by atoms with van der Waals surface area (Å²) in [6.45, 7) is 9.69. The number of hydrogen-bond acceptors (Lipinski definition) is 3. The second kappa shape index (κ2) is 7.02. The van der Waals surface area contributed by atoms with Crippen molar-refractivity contribution in [1.82, 2.24) is 9.97 Å². The number of carbonyl (C=O) groups excluding carboxylic acids is 1. The zero-order valence-electron chi connectivity index (χ0n) is 16.3. The molecule has 1 N–H and O–H groups in total. The molecule has 1 amide bonds. The summed E-state index contributed by atoms with van der Waals surface area (Å²) in [5.41, 5.74) is 4.47. The molecule has 0 saturated heterocycles. The number of carbonyl (C=O) groups is 1. The summed E-state index contributed by atoms with van der Waals surface area (Å²) in [7, 11) is 0. The molecule has 142 valence electrons. The van der Waals surface area contributed by atoms with Gasteiger partial charge in [-0.05, 0) is 63.9 Å². The number of pyridine rings is 1. The van der Waals surface area contributed by atoms with Crippen LogP contribution in [-0.2, 0) is 11.3 Å². The summed E-state index contributed by atoms with van der Waals surface area (Å²) < 4.78 is 18.9. The molecule has 0 fully saturated rings. The van der Waals surface area contributed by atoms with Crippen LogP contribution in [0.4, 0.5) is 14.9 Å². The Morgan fingerprint density at radius 2 is 1.85 bits per heavy atom. The predicted molar refractivity (Wildman–Crippen MR) is 104 cm³/mol. The molecule has 3 aromatic rings. The quantitative estimate of drug-likeness (QED) is 0.685. The maximum absolute atomic E-state index is 13.3. The van der Waals surface area contributed by atoms with Crippen LogP contribution in [0.1, 0.15) is 37.6 Å². The Kier molecular flexibility index (Phi) is 4.91. The van der Waals surface area contributed by atoms with Crippen LogP contribution in [0.5, 0.6) is 0 Å². The van der Waals surface area contributed by atoms with Gasteiger partial charge in [0.2, 0.25) is 0 Å². The van der Waals surface area contributed by atoms with Crippen molar-refractivity contribution in [3.63, 3.8) is 0 Å². The van der Waals surface area contributed by atoms with E-state index >= 15 is 0 Å². The van der Waals surface area contributed by atoms with E-state index in [0.29, 0.717) is 5.69 Å². The first-order chi connectivity index (χ1) is 12.7. The zero-order valence-corrected chi connectivity index (χ0v) is 16.3. The van der Waals surface area contributed by atoms with Crippen molar-refractivity contribution in [1.29, 1.82) is 0 Å². The highest BCUT2D eigenvalue weighted by atomic mass is 19.1. The molecule has 2 heterocycles. The smallest absolute Gasteiger partial charge is 0.415 e. The van der Waals surface area contributed by atoms with Crippen LogP contribution >= 0.6 is 0 Å². The third kappa shape index (κ3) is 4.10. The predicted octanol–water partition coefficient (Wildman–Crippen LogP) is 5.26. The van der Waals surface area contributed by atoms with Crippen LogP contribution in [0.2, 0.25) is 0 Å². The van der Waals surface area contributed by atoms with Crippen molar-refractivity contribution in [2.45, 2.75) is 46.8 Å². The third-order valence-corrected chi connectivity index (χ3v) is 4.32. The van der Waals surface area contributed by atoms with Gasteiger partial charge in [-0.15, -0.1) is 0 Å². The molecular weight excluding hydrogens is 345 g/mol. The molecule has 0 aliphatic carbocycles. The van der Waals surface area contributed by atoms with Gasteiger partial charge in [0.1, 0.15) is 11.4 Å². The monoisotopic (exact) mass is 369 g/mol. The highest BCUT2D eigenvalue weighted by Crippen LogP contribution is 2.30. The Balaban J connectivity index is 2.07. The maximum atomic E-state index is 13.3. The molecule has 2 aromatic heterocycles. The molecule has 0 atom stereocenters. The molecule has 0 spiro atoms. The molecule has 0 unspecified atom stereocenters. The lowest BCUT2D eigenvalue weighted by molar-refractivity contribution is 0.0578. The lowest BCUT2D eigenvalue weighted by Crippen LogP contribution is -2.36. The van der Waals surface area contributed by atoms with E-state index in [1.54, 1.807) is 29.3 Å². The van der Waals surface area contributed by atoms with Crippen molar-refractivity contribution in [2.24, 2.45) is 0 Å². The van der Waals surface area contributed by atoms with Gasteiger partial charge in [0.05, 0.1) is 23.3 Å². The van der Waals surface area contributed by atoms with Crippen molar-refractivity contribution in [3.8, 4) is 0 Å². The van der Waals surface area contributed by atoms with E-state index in [9.17, 15) is 9.18 Å². The Bertz CT molecular complexity index is 971. The van der Waals surface area contributed by atoms with Crippen LogP contribution in [0.25, 0.3) is 11.0 Å². The molecule has 0 saturated carbocycles. The van der Waals surface area contributed by atoms with Crippen LogP contribution in [0.15, 0.2) is 36.5 Å². The second-order valence-electron chi connectivity index (χ2n) is 7.62. The fourth-order valence-corrected chi connectivity index (χ4v) is 2.88. The lowest BCUT2D eigenvalue weighted by Gasteiger charge is -2.28. The third-order valence-electron chi connectivity index (χ3n) is 4.32. The highest BCUT2D eigenvalue weighted by Gasteiger charge is 2.26. The molecule has 3 rings (SSSR count). The molecule has 0 radical (unpaired) electrons. The number of aryl methyl sites for hydroxylation is 2. The summed E-state index contributed by atoms with van der Waals surface area (Å²) in [6, 6.07) is 7.87. The minimum Gasteiger partial charge on any atom is -0.443 e. The number of amides is 1. The SMILES string of the molecule is Cc1[nH]c2c(N(Cc3ccc(F)cc3)C(=O)OC(C)(C)C)ccnc2c1C. The first-order valence-electron chi connectivity index (χ1n) is 8.84. The molecule has 5 nitrogen and oxygen atoms in total. The van der Waals surface area contributed by atoms with Crippen molar-refractivity contribution < 1.29 is 13.9 Å². The zero-order chi connectivity index (χ0) is 19.8. The van der Waals surface area contributed by atoms with E-state index in [-0.39, 0.29) is 12.4 Å². The molecule has 27 heavy (non-hydrogen) atoms. The fourth-order valence-electron chi connectivity index (χ4n) is 2.88. The van der Waals surface area contributed by atoms with Crippen molar-refractivity contribution in [3.05, 3.63) is 59.2 Å². The Morgan fingerprint density at radius 3 is 2.48 bits per heavy atom. The number of hydrogen-bond donors (Lipinski definition) is 1. The molecular formula is C21H24FN3O2. The number of aromatic amines is 1. The van der Waals surface area contributed by atoms with Crippen LogP contribution in [0, 0.1) is 19.7 Å². The van der Waals surface area contributed by atoms with Crippen LogP contribution in [0.3, 0.4) is 0 Å². The van der Waals surface area contributed by atoms with Crippen molar-refractivity contribution in [2.75, 3.05) is 4.90 Å². The van der Waals surface area contributed by atoms with Crippen molar-refractivity contribution >= 4 is 22.8 Å². The van der Waals surface area contributed by atoms with Gasteiger partial charge in [0.15, 0.2) is 0 Å². The number of benzene rings is 1. The van der Waals surface area contributed by atoms with E-state index in [2.05, 4.69) is 9.97 Å². The first-order valence-corrected chi connectivity index (χ1v) is 8.84. The molecule has 6 heteroatoms. The van der Waals surface area contributed by atoms with Gasteiger partial charge in [-0.2, -0.15) is 0 Å². The Labute approximate surface area is 158 Å². The summed E-state index contributed by atoms with van der Waals surface area (Å²) >= 11 is 0. The molecule has 0 aliphatic heterocycles. The molecule has 1 aromatic carbocycles. The second-order valence-corrected chi connectivity index (χ2v) is 7.62. The molecule has 0 aliphatic rings. The molecule has 0 bridgehead atoms. The number of fused-ring (bicyclic) bond motifs is 1. The van der Waals surface area contributed by atoms with E-state index in [1.165, 1.54) is 12.1 Å². The number of halogens is 1. The number of aromatic nitrogens is 2. The highest BCUT2D eigenvalue weighted by molar-refractivity contribution is 5.99. The van der Waals surface area contributed by atoms with E-state index in [0.717, 1.165) is 27.9 Å². The Morgan fingerprint density at radius 1 is 1.19 bits per heavy atom. The van der Waals surface area contributed by atoms with Gasteiger partial charge in [-0.25, -0.2) is 9.18 Å². The van der Waals surface area contributed by atoms with Gasteiger partial charge in [-0.3, -0.25) is 9.88 Å². The number of nitrogens with zero attached hydrogens (tertiary/aromatic N) is 2. The van der Waals surface area contributed by atoms with Crippen LogP contribution in [-0.4, -0.2) is 21.7 Å². The number of rotatable bonds is 3. The number of ether oxygens (including phenoxy) is 1. The van der Waals surface area contributed by atoms with Crippen LogP contribution < -0.4 is 4.90 Å². The Hall–Kier alpha value is -2.89. The minimum atomic E-state index is -0.633. The number of anilines is 1. The topological polar surface area (TPSA) is 58.2 Å². The van der Waals surface area contributed by atoms with E-state index in [4.69, 9.17) is 4.74 Å². The van der Waals surface area contributed by atoms with Gasteiger partial charge in [-0.1, -0.05) is 12.1 Å². The summed E-state index contributed by atoms with van der Waals surface area (Å²) in [4.78, 5) is 22.3. The standard InChI is InChI=1S/C21H24FN3O2/c1-13-14(2)24-19-17(10-11-23-18(13)19)25(20(26)27-21(3,4)5)12-15-6-8-16(22)9-7-15/h6-11,24H,12H2,1-5H3. The van der Waals surface area contributed by atoms with Gasteiger partial charge >= 0.3 is 6.09 Å². The first kappa shape index (κ1) is 18.9. The van der Waals surface area contributed by atoms with Gasteiger partial charge < -0.3 is 9.72 Å². The van der Waals surface area contributed by atoms with Gasteiger partial charge in [0, 0.05) is 11.9 Å². The largest absolute Gasteiger partial charge is 0.443 e. The van der Waals surface area contributed by atoms with E-state index in [1.807, 2.05) is 34.6 Å². The minimum absolute atomic E-state index is 0.255. The fraction of sp³-hybridized carbons (Fsp3) is 0.333. The maximum Gasteiger partial charge on any atom is 0.415 e. The summed E-state index contributed by atoms with van der Waals surface area (Å²) in [5, 5.41) is 0. The number of nitrogens with one attached hydrogen (secondary N) is 1. The summed E-state index contributed by atoms with van der Waals surface area (Å²) in [6.07, 6.45) is 1.21. The van der Waals surface area contributed by atoms with E-state index < -0.39 is 11.7 Å². The number of H-pyrrole nitrogens is 1. The lowest BCUT2D eigenvalue weighted by atomic mass is 10.1. The van der Waals surface area contributed by atoms with Gasteiger partial charge in [0.25, 0.3) is 0 Å². The average molecular weight is 369 g/mol. The summed E-state index contributed by atoms with van der Waals surface area (Å²) in [5.74, 6) is -0.315. The normalized spacial score (nSPS) is 11.6.